The quantitative estimate of drug-likeness (QED) is 0.0649. The van der Waals surface area contributed by atoms with Crippen LogP contribution in [0.3, 0.4) is 0 Å². The number of aryl methyl sites for hydroxylation is 1. The number of hydrogen-bond donors (Lipinski definition) is 0. The molecule has 1 aliphatic rings. The first-order chi connectivity index (χ1) is 68.2. The van der Waals surface area contributed by atoms with Gasteiger partial charge >= 0.3 is 357 Å². The molecule has 9 aromatic heterocycles. The van der Waals surface area contributed by atoms with Crippen molar-refractivity contribution in [2.24, 2.45) is 5.92 Å². The van der Waals surface area contributed by atoms with E-state index in [-0.39, 0.29) is 60.3 Å². The van der Waals surface area contributed by atoms with E-state index in [1.165, 1.54) is 106 Å². The van der Waals surface area contributed by atoms with Gasteiger partial charge in [-0.15, -0.1) is 54.6 Å². The molecule has 1 aliphatic carbocycles. The second kappa shape index (κ2) is 49.1. The van der Waals surface area contributed by atoms with Crippen LogP contribution in [0.2, 0.25) is 51.8 Å². The van der Waals surface area contributed by atoms with E-state index in [1.807, 2.05) is 140 Å². The van der Waals surface area contributed by atoms with Gasteiger partial charge < -0.3 is 28.2 Å². The third-order valence-corrected chi connectivity index (χ3v) is 39.5. The third-order valence-electron chi connectivity index (χ3n) is 26.7. The van der Waals surface area contributed by atoms with Crippen molar-refractivity contribution in [2.45, 2.75) is 163 Å². The molecule has 1 saturated carbocycles. The Hall–Kier alpha value is -11.5. The number of rotatable bonds is 17. The summed E-state index contributed by atoms with van der Waals surface area (Å²) in [4.78, 5) is 27.7. The summed E-state index contributed by atoms with van der Waals surface area (Å²) in [5, 5.41) is 6.70. The second-order valence-electron chi connectivity index (χ2n) is 40.9. The summed E-state index contributed by atoms with van der Waals surface area (Å²) >= 11 is -5.55. The molecule has 0 spiro atoms. The van der Waals surface area contributed by atoms with Crippen LogP contribution < -0.4 is 13.2 Å². The van der Waals surface area contributed by atoms with Crippen LogP contribution in [0.5, 0.6) is 0 Å². The molecule has 144 heavy (non-hydrogen) atoms. The topological polar surface area (TPSA) is 117 Å². The van der Waals surface area contributed by atoms with Crippen LogP contribution in [-0.4, -0.2) is 69.7 Å². The standard InChI is InChI=1S/C31H28NO.C24H16NO.C23H14NO.3C17H22GeN.3Ir/c1-21(22-10-4-2-5-11-22)24-18-19-32-28(20-24)26-15-8-16-27-30-25(23-12-6-3-7-13-23)14-9-17-29(30)33-31(26)27;1-16-13-14-25-21(15-16)19-10-5-11-20-23-18(17-7-3-2-4-8-17)9-6-12-22(23)26-24(19)20;1-2-7-16(8-3-1)17-12-13-22-20(15-17)18-9-6-10-19(23(18)25-22)21-11-4-5-14-24-21;3*1-13(2)15-11-17(14-9-7-6-8-10-14)19-12-16(15)18(3,4)5;;;/h3,6-9,12-14,16-22H,2,4-5,10-11H2,1H3;2-9,11-15H,1H3;1-9,11-15H;3*6-9,11-13H,1-5H3;;;/q6*-1;;;. The van der Waals surface area contributed by atoms with Crippen LogP contribution in [0, 0.1) is 49.2 Å². The summed E-state index contributed by atoms with van der Waals surface area (Å²) in [7, 11) is 0. The van der Waals surface area contributed by atoms with Gasteiger partial charge in [-0.05, 0) is 125 Å². The van der Waals surface area contributed by atoms with Gasteiger partial charge in [0.25, 0.3) is 0 Å². The van der Waals surface area contributed by atoms with Crippen molar-refractivity contribution in [2.75, 3.05) is 0 Å². The van der Waals surface area contributed by atoms with E-state index < -0.39 is 39.8 Å². The van der Waals surface area contributed by atoms with Crippen LogP contribution in [0.4, 0.5) is 0 Å². The van der Waals surface area contributed by atoms with Crippen LogP contribution >= 0.6 is 0 Å². The molecule has 0 bridgehead atoms. The Labute approximate surface area is 900 Å². The molecule has 1 unspecified atom stereocenters. The molecule has 9 heterocycles. The largest absolute Gasteiger partial charge is 0.501 e. The molecule has 0 amide bonds. The van der Waals surface area contributed by atoms with Crippen LogP contribution in [-0.2, 0) is 60.3 Å². The van der Waals surface area contributed by atoms with Gasteiger partial charge in [0.15, 0.2) is 0 Å². The predicted molar refractivity (Wildman–Crippen MR) is 600 cm³/mol. The van der Waals surface area contributed by atoms with Gasteiger partial charge in [-0.25, -0.2) is 0 Å². The molecule has 3 radical (unpaired) electrons. The maximum Gasteiger partial charge on any atom is 0.121 e. The molecule has 733 valence electrons. The molecule has 21 aromatic rings. The molecule has 0 N–H and O–H groups in total. The molecular formula is C129H124Ge3Ir3N6O3-6. The number of aromatic nitrogens is 6. The van der Waals surface area contributed by atoms with E-state index in [0.29, 0.717) is 23.7 Å². The van der Waals surface area contributed by atoms with Crippen molar-refractivity contribution in [1.29, 1.82) is 0 Å². The average molecular weight is 2600 g/mol. The van der Waals surface area contributed by atoms with Gasteiger partial charge in [-0.1, -0.05) is 216 Å². The first kappa shape index (κ1) is 108. The number of benzene rings is 12. The second-order valence-corrected chi connectivity index (χ2v) is 72.6. The molecule has 0 aliphatic heterocycles. The van der Waals surface area contributed by atoms with E-state index in [0.717, 1.165) is 139 Å². The molecular weight excluding hydrogens is 2480 g/mol. The summed E-state index contributed by atoms with van der Waals surface area (Å²) in [5.41, 5.74) is 31.1. The van der Waals surface area contributed by atoms with E-state index in [1.54, 1.807) is 6.20 Å². The Morgan fingerprint density at radius 1 is 0.292 bits per heavy atom. The van der Waals surface area contributed by atoms with E-state index in [9.17, 15) is 0 Å². The Kier molecular flexibility index (Phi) is 36.9. The van der Waals surface area contributed by atoms with Gasteiger partial charge in [0, 0.05) is 95.1 Å². The van der Waals surface area contributed by atoms with Gasteiger partial charge in [-0.2, -0.15) is 0 Å². The van der Waals surface area contributed by atoms with Crippen LogP contribution in [0.15, 0.2) is 366 Å². The predicted octanol–water partition coefficient (Wildman–Crippen LogP) is 34.0. The normalized spacial score (nSPS) is 12.3. The number of hydrogen-bond acceptors (Lipinski definition) is 9. The SMILES string of the molecule is CC(C)c1cc(-c2[c-]cccc2)nc[c]1[Ge]([CH3])([CH3])[CH3].CC(C)c1cc(-c2[c-]cccc2)nc[c]1[Ge]([CH3])([CH3])[CH3].CC(C)c1cc(-c2[c-]cccc2)nc[c]1[Ge]([CH3])([CH3])[CH3].CC(c1ccnc(-c2[c-]ccc3c2oc2cccc(-c4ccccc4)c23)c1)C1CCCCC1.Cc1ccnc(-c2[c-]ccc3c2oc2cccc(-c4ccccc4)c23)c1.[Ir].[Ir].[Ir].[c-]1ccc2c(oc3ccc(-c4ccccc4)cc32)c1-c1ccccn1. The van der Waals surface area contributed by atoms with E-state index >= 15 is 0 Å². The van der Waals surface area contributed by atoms with Gasteiger partial charge in [0.05, 0.1) is 16.7 Å². The molecule has 22 rings (SSSR count). The van der Waals surface area contributed by atoms with Crippen molar-refractivity contribution >= 4 is 119 Å². The van der Waals surface area contributed by atoms with Gasteiger partial charge in [0.1, 0.15) is 16.7 Å². The zero-order chi connectivity index (χ0) is 98.5. The van der Waals surface area contributed by atoms with E-state index in [2.05, 4.69) is 375 Å². The Morgan fingerprint density at radius 2 is 0.681 bits per heavy atom. The smallest absolute Gasteiger partial charge is 0.121 e. The van der Waals surface area contributed by atoms with Crippen molar-refractivity contribution < 1.29 is 73.6 Å². The Morgan fingerprint density at radius 3 is 1.09 bits per heavy atom. The zero-order valence-corrected chi connectivity index (χ0v) is 98.8. The molecule has 1 atom stereocenters. The number of pyridine rings is 6. The number of furan rings is 3. The van der Waals surface area contributed by atoms with Crippen molar-refractivity contribution in [3.05, 3.63) is 417 Å². The molecule has 15 heteroatoms. The fourth-order valence-corrected chi connectivity index (χ4v) is 29.8. The fourth-order valence-electron chi connectivity index (χ4n) is 19.2. The minimum Gasteiger partial charge on any atom is -0.501 e. The monoisotopic (exact) mass is 2610 g/mol. The van der Waals surface area contributed by atoms with E-state index in [4.69, 9.17) is 18.2 Å². The minimum atomic E-state index is -1.85. The maximum absolute atomic E-state index is 6.45. The summed E-state index contributed by atoms with van der Waals surface area (Å²) in [6, 6.07) is 127. The number of nitrogens with zero attached hydrogens (tertiary/aromatic N) is 6. The minimum absolute atomic E-state index is 0. The Balaban J connectivity index is 0.000000138. The van der Waals surface area contributed by atoms with Gasteiger partial charge in [0.2, 0.25) is 0 Å². The number of fused-ring (bicyclic) bond motifs is 9. The average Bonchev–Trinajstić information content (AvgIpc) is 1.61. The molecule has 0 saturated heterocycles. The fraction of sp³-hybridized carbons (Fsp3) is 0.209. The summed E-state index contributed by atoms with van der Waals surface area (Å²) < 4.78 is 23.4. The Bertz CT molecular complexity index is 7580. The van der Waals surface area contributed by atoms with Gasteiger partial charge in [-0.3, -0.25) is 0 Å². The summed E-state index contributed by atoms with van der Waals surface area (Å²) in [6.07, 6.45) is 18.7. The van der Waals surface area contributed by atoms with Crippen molar-refractivity contribution in [3.8, 4) is 101 Å². The molecule has 9 nitrogen and oxygen atoms in total. The first-order valence-electron chi connectivity index (χ1n) is 49.7. The van der Waals surface area contributed by atoms with Crippen molar-refractivity contribution in [3.63, 3.8) is 0 Å². The van der Waals surface area contributed by atoms with Crippen LogP contribution in [0.25, 0.3) is 167 Å². The first-order valence-corrected chi connectivity index (χ1v) is 71.7. The maximum atomic E-state index is 6.45. The third kappa shape index (κ3) is 25.6. The summed E-state index contributed by atoms with van der Waals surface area (Å²) in [5.74, 6) is 24.8. The summed E-state index contributed by atoms with van der Waals surface area (Å²) in [6.45, 7) is 18.1. The van der Waals surface area contributed by atoms with Crippen molar-refractivity contribution in [1.82, 2.24) is 29.9 Å². The van der Waals surface area contributed by atoms with Crippen LogP contribution in [0.1, 0.15) is 132 Å². The molecule has 12 aromatic carbocycles. The molecule has 1 fully saturated rings. The zero-order valence-electron chi connectivity index (χ0n) is 85.3.